The maximum Gasteiger partial charge on any atom is 0.251 e. The maximum absolute atomic E-state index is 13.1. The molecule has 3 aromatic rings. The molecule has 1 aliphatic heterocycles. The fraction of sp³-hybridized carbons (Fsp3) is 0.267. The molecule has 3 N–H and O–H groups in total. The van der Waals surface area contributed by atoms with Gasteiger partial charge in [0.25, 0.3) is 11.8 Å². The number of hydrogen-bond acceptors (Lipinski definition) is 5. The SMILES string of the molecule is C=CCO[C@@H]1O[C@H](CNC(=O)c2ccc(C)cc2)C[C@H](O)[C@H]1NC(=O)c1cccc(-c2ccccc2)c1. The molecule has 4 rings (SSSR count). The predicted octanol–water partition coefficient (Wildman–Crippen LogP) is 3.87. The highest BCUT2D eigenvalue weighted by molar-refractivity contribution is 5.96. The third-order valence-electron chi connectivity index (χ3n) is 6.25. The van der Waals surface area contributed by atoms with Gasteiger partial charge in [0.05, 0.1) is 18.8 Å². The Morgan fingerprint density at radius 1 is 1.00 bits per heavy atom. The number of benzene rings is 3. The van der Waals surface area contributed by atoms with Gasteiger partial charge in [-0.05, 0) is 42.3 Å². The van der Waals surface area contributed by atoms with E-state index in [0.29, 0.717) is 11.1 Å². The number of ether oxygens (including phenoxy) is 2. The number of carbonyl (C=O) groups is 2. The molecule has 0 radical (unpaired) electrons. The summed E-state index contributed by atoms with van der Waals surface area (Å²) in [5, 5.41) is 16.7. The van der Waals surface area contributed by atoms with E-state index in [-0.39, 0.29) is 31.4 Å². The van der Waals surface area contributed by atoms with E-state index in [2.05, 4.69) is 17.2 Å². The van der Waals surface area contributed by atoms with Crippen molar-refractivity contribution in [3.8, 4) is 11.1 Å². The highest BCUT2D eigenvalue weighted by Gasteiger charge is 2.39. The summed E-state index contributed by atoms with van der Waals surface area (Å²) in [6.45, 7) is 5.99. The molecule has 192 valence electrons. The molecule has 1 fully saturated rings. The van der Waals surface area contributed by atoms with E-state index >= 15 is 0 Å². The Hall–Kier alpha value is -3.78. The van der Waals surface area contributed by atoms with Gasteiger partial charge in [0, 0.05) is 24.1 Å². The molecule has 0 saturated carbocycles. The Balaban J connectivity index is 1.41. The first-order chi connectivity index (χ1) is 17.9. The van der Waals surface area contributed by atoms with Crippen LogP contribution in [0.5, 0.6) is 0 Å². The van der Waals surface area contributed by atoms with Gasteiger partial charge in [-0.3, -0.25) is 9.59 Å². The van der Waals surface area contributed by atoms with Gasteiger partial charge in [0.2, 0.25) is 0 Å². The van der Waals surface area contributed by atoms with Crippen molar-refractivity contribution in [3.63, 3.8) is 0 Å². The van der Waals surface area contributed by atoms with Crippen molar-refractivity contribution in [2.75, 3.05) is 13.2 Å². The Labute approximate surface area is 217 Å². The van der Waals surface area contributed by atoms with Crippen molar-refractivity contribution in [2.24, 2.45) is 0 Å². The zero-order chi connectivity index (χ0) is 26.2. The largest absolute Gasteiger partial charge is 0.391 e. The number of aliphatic hydroxyl groups excluding tert-OH is 1. The van der Waals surface area contributed by atoms with Gasteiger partial charge < -0.3 is 25.2 Å². The van der Waals surface area contributed by atoms with E-state index in [1.54, 1.807) is 24.3 Å². The van der Waals surface area contributed by atoms with E-state index < -0.39 is 24.5 Å². The van der Waals surface area contributed by atoms with Gasteiger partial charge in [-0.1, -0.05) is 66.2 Å². The number of amides is 2. The fourth-order valence-electron chi connectivity index (χ4n) is 4.25. The lowest BCUT2D eigenvalue weighted by Crippen LogP contribution is -2.59. The van der Waals surface area contributed by atoms with Crippen LogP contribution in [0.2, 0.25) is 0 Å². The van der Waals surface area contributed by atoms with E-state index in [0.717, 1.165) is 16.7 Å². The summed E-state index contributed by atoms with van der Waals surface area (Å²) in [5.41, 5.74) is 3.99. The molecule has 0 aromatic heterocycles. The van der Waals surface area contributed by atoms with Gasteiger partial charge in [-0.2, -0.15) is 0 Å². The molecule has 7 heteroatoms. The summed E-state index contributed by atoms with van der Waals surface area (Å²) in [6, 6.07) is 23.6. The summed E-state index contributed by atoms with van der Waals surface area (Å²) in [5.74, 6) is -0.570. The first-order valence-corrected chi connectivity index (χ1v) is 12.3. The molecule has 0 spiro atoms. The minimum absolute atomic E-state index is 0.176. The molecule has 0 aliphatic carbocycles. The molecule has 0 bridgehead atoms. The van der Waals surface area contributed by atoms with Gasteiger partial charge in [-0.15, -0.1) is 6.58 Å². The second-order valence-electron chi connectivity index (χ2n) is 9.07. The lowest BCUT2D eigenvalue weighted by molar-refractivity contribution is -0.223. The van der Waals surface area contributed by atoms with Crippen LogP contribution in [0.25, 0.3) is 11.1 Å². The zero-order valence-corrected chi connectivity index (χ0v) is 20.8. The van der Waals surface area contributed by atoms with Crippen LogP contribution in [0.3, 0.4) is 0 Å². The number of aliphatic hydroxyl groups is 1. The number of rotatable bonds is 9. The summed E-state index contributed by atoms with van der Waals surface area (Å²) in [7, 11) is 0. The standard InChI is InChI=1S/C30H32N2O5/c1-3-16-36-30-27(32-29(35)24-11-7-10-23(17-24)21-8-5-4-6-9-21)26(33)18-25(37-30)19-31-28(34)22-14-12-20(2)13-15-22/h3-15,17,25-27,30,33H,1,16,18-19H2,2H3,(H,31,34)(H,32,35)/t25-,26-,27+,30+/m0/s1. The monoisotopic (exact) mass is 500 g/mol. The lowest BCUT2D eigenvalue weighted by atomic mass is 9.98. The molecule has 37 heavy (non-hydrogen) atoms. The van der Waals surface area contributed by atoms with Crippen LogP contribution in [0.1, 0.15) is 32.7 Å². The Morgan fingerprint density at radius 2 is 1.73 bits per heavy atom. The average molecular weight is 501 g/mol. The van der Waals surface area contributed by atoms with Crippen LogP contribution in [0.4, 0.5) is 0 Å². The van der Waals surface area contributed by atoms with Crippen LogP contribution in [0.15, 0.2) is 91.5 Å². The number of carbonyl (C=O) groups excluding carboxylic acids is 2. The van der Waals surface area contributed by atoms with Crippen LogP contribution in [-0.2, 0) is 9.47 Å². The smallest absolute Gasteiger partial charge is 0.251 e. The highest BCUT2D eigenvalue weighted by Crippen LogP contribution is 2.23. The van der Waals surface area contributed by atoms with Crippen molar-refractivity contribution < 1.29 is 24.2 Å². The molecule has 0 unspecified atom stereocenters. The molecule has 2 amide bonds. The fourth-order valence-corrected chi connectivity index (χ4v) is 4.25. The maximum atomic E-state index is 13.1. The van der Waals surface area contributed by atoms with Crippen LogP contribution in [0, 0.1) is 6.92 Å². The number of hydrogen-bond donors (Lipinski definition) is 3. The van der Waals surface area contributed by atoms with Crippen molar-refractivity contribution in [2.45, 2.75) is 37.9 Å². The van der Waals surface area contributed by atoms with E-state index in [4.69, 9.17) is 9.47 Å². The zero-order valence-electron chi connectivity index (χ0n) is 20.8. The Kier molecular flexibility index (Phi) is 8.85. The van der Waals surface area contributed by atoms with Crippen molar-refractivity contribution >= 4 is 11.8 Å². The van der Waals surface area contributed by atoms with Gasteiger partial charge in [0.1, 0.15) is 6.04 Å². The van der Waals surface area contributed by atoms with Crippen molar-refractivity contribution in [1.29, 1.82) is 0 Å². The molecular formula is C30H32N2O5. The summed E-state index contributed by atoms with van der Waals surface area (Å²) < 4.78 is 11.8. The first-order valence-electron chi connectivity index (χ1n) is 12.3. The Bertz CT molecular complexity index is 1210. The number of aryl methyl sites for hydroxylation is 1. The summed E-state index contributed by atoms with van der Waals surface area (Å²) in [6.07, 6.45) is -0.554. The molecule has 4 atom stereocenters. The van der Waals surface area contributed by atoms with E-state index in [9.17, 15) is 14.7 Å². The van der Waals surface area contributed by atoms with Gasteiger partial charge >= 0.3 is 0 Å². The Morgan fingerprint density at radius 3 is 2.46 bits per heavy atom. The second-order valence-corrected chi connectivity index (χ2v) is 9.07. The van der Waals surface area contributed by atoms with Gasteiger partial charge in [-0.25, -0.2) is 0 Å². The quantitative estimate of drug-likeness (QED) is 0.388. The normalized spacial score (nSPS) is 21.1. The average Bonchev–Trinajstić information content (AvgIpc) is 2.93. The molecule has 1 saturated heterocycles. The molecular weight excluding hydrogens is 468 g/mol. The topological polar surface area (TPSA) is 96.9 Å². The van der Waals surface area contributed by atoms with E-state index in [1.165, 1.54) is 0 Å². The third-order valence-corrected chi connectivity index (χ3v) is 6.25. The molecule has 1 heterocycles. The minimum Gasteiger partial charge on any atom is -0.391 e. The first kappa shape index (κ1) is 26.3. The van der Waals surface area contributed by atoms with E-state index in [1.807, 2.05) is 67.6 Å². The molecule has 1 aliphatic rings. The third kappa shape index (κ3) is 6.92. The highest BCUT2D eigenvalue weighted by atomic mass is 16.7. The van der Waals surface area contributed by atoms with Crippen molar-refractivity contribution in [3.05, 3.63) is 108 Å². The summed E-state index contributed by atoms with van der Waals surface area (Å²) >= 11 is 0. The van der Waals surface area contributed by atoms with Crippen LogP contribution in [-0.4, -0.2) is 54.6 Å². The minimum atomic E-state index is -0.939. The predicted molar refractivity (Wildman–Crippen MR) is 142 cm³/mol. The van der Waals surface area contributed by atoms with Crippen LogP contribution < -0.4 is 10.6 Å². The second kappa shape index (κ2) is 12.5. The lowest BCUT2D eigenvalue weighted by Gasteiger charge is -2.39. The number of nitrogens with one attached hydrogen (secondary N) is 2. The summed E-state index contributed by atoms with van der Waals surface area (Å²) in [4.78, 5) is 25.6. The molecule has 7 nitrogen and oxygen atoms in total. The molecule has 3 aromatic carbocycles. The van der Waals surface area contributed by atoms with Crippen LogP contribution >= 0.6 is 0 Å². The van der Waals surface area contributed by atoms with Crippen molar-refractivity contribution in [1.82, 2.24) is 10.6 Å². The van der Waals surface area contributed by atoms with Gasteiger partial charge in [0.15, 0.2) is 6.29 Å².